The molecular formula is C18H21N3O3. The van der Waals surface area contributed by atoms with Gasteiger partial charge in [-0.2, -0.15) is 5.10 Å². The Hall–Kier alpha value is -2.50. The Kier molecular flexibility index (Phi) is 4.11. The molecule has 6 heteroatoms. The summed E-state index contributed by atoms with van der Waals surface area (Å²) in [5.74, 6) is 1.45. The van der Waals surface area contributed by atoms with Crippen LogP contribution in [0.3, 0.4) is 0 Å². The Morgan fingerprint density at radius 3 is 3.04 bits per heavy atom. The number of piperidine rings is 1. The highest BCUT2D eigenvalue weighted by Crippen LogP contribution is 2.33. The SMILES string of the molecule is O=C(c1ccc2c(c1)OCO2)N1CCCC[C@@H]1CCn1cccn1. The third-order valence-electron chi connectivity index (χ3n) is 4.76. The third-order valence-corrected chi connectivity index (χ3v) is 4.76. The van der Waals surface area contributed by atoms with Crippen molar-refractivity contribution in [2.24, 2.45) is 0 Å². The molecule has 2 aliphatic rings. The van der Waals surface area contributed by atoms with Gasteiger partial charge in [0.1, 0.15) is 0 Å². The van der Waals surface area contributed by atoms with Crippen molar-refractivity contribution in [3.05, 3.63) is 42.2 Å². The molecule has 1 amide bonds. The molecule has 0 bridgehead atoms. The number of hydrogen-bond donors (Lipinski definition) is 0. The van der Waals surface area contributed by atoms with E-state index in [2.05, 4.69) is 5.10 Å². The number of likely N-dealkylation sites (tertiary alicyclic amines) is 1. The monoisotopic (exact) mass is 327 g/mol. The Morgan fingerprint density at radius 1 is 1.25 bits per heavy atom. The molecule has 24 heavy (non-hydrogen) atoms. The molecule has 2 aromatic rings. The quantitative estimate of drug-likeness (QED) is 0.866. The molecule has 1 aromatic carbocycles. The highest BCUT2D eigenvalue weighted by atomic mass is 16.7. The molecule has 6 nitrogen and oxygen atoms in total. The fourth-order valence-electron chi connectivity index (χ4n) is 3.48. The minimum Gasteiger partial charge on any atom is -0.454 e. The maximum atomic E-state index is 13.0. The van der Waals surface area contributed by atoms with E-state index < -0.39 is 0 Å². The minimum absolute atomic E-state index is 0.0819. The van der Waals surface area contributed by atoms with Crippen LogP contribution in [-0.4, -0.2) is 40.0 Å². The fourth-order valence-corrected chi connectivity index (χ4v) is 3.48. The number of carbonyl (C=O) groups excluding carboxylic acids is 1. The van der Waals surface area contributed by atoms with Crippen molar-refractivity contribution in [1.82, 2.24) is 14.7 Å². The molecule has 126 valence electrons. The first-order valence-corrected chi connectivity index (χ1v) is 8.49. The number of amides is 1. The predicted octanol–water partition coefficient (Wildman–Crippen LogP) is 2.70. The van der Waals surface area contributed by atoms with E-state index in [-0.39, 0.29) is 18.7 Å². The molecule has 0 saturated carbocycles. The van der Waals surface area contributed by atoms with Crippen molar-refractivity contribution >= 4 is 5.91 Å². The van der Waals surface area contributed by atoms with Crippen LogP contribution in [0.5, 0.6) is 11.5 Å². The first-order chi connectivity index (χ1) is 11.8. The summed E-state index contributed by atoms with van der Waals surface area (Å²) in [6.45, 7) is 1.88. The number of carbonyl (C=O) groups is 1. The molecule has 2 aliphatic heterocycles. The number of ether oxygens (including phenoxy) is 2. The standard InChI is InChI=1S/C18H21N3O3/c22-18(14-5-6-16-17(12-14)24-13-23-16)21-10-2-1-4-15(21)7-11-20-9-3-8-19-20/h3,5-6,8-9,12,15H,1-2,4,7,10-11,13H2/t15-/m1/s1. The summed E-state index contributed by atoms with van der Waals surface area (Å²) in [4.78, 5) is 15.0. The summed E-state index contributed by atoms with van der Waals surface area (Å²) >= 11 is 0. The third kappa shape index (κ3) is 2.96. The van der Waals surface area contributed by atoms with E-state index in [1.807, 2.05) is 34.0 Å². The molecule has 0 aliphatic carbocycles. The maximum absolute atomic E-state index is 13.0. The topological polar surface area (TPSA) is 56.6 Å². The number of aryl methyl sites for hydroxylation is 1. The Bertz CT molecular complexity index is 714. The molecule has 1 saturated heterocycles. The van der Waals surface area contributed by atoms with Crippen molar-refractivity contribution in [3.8, 4) is 11.5 Å². The highest BCUT2D eigenvalue weighted by Gasteiger charge is 2.28. The van der Waals surface area contributed by atoms with Gasteiger partial charge in [-0.05, 0) is 49.9 Å². The molecule has 1 aromatic heterocycles. The minimum atomic E-state index is 0.0819. The first-order valence-electron chi connectivity index (χ1n) is 8.49. The van der Waals surface area contributed by atoms with Gasteiger partial charge in [-0.3, -0.25) is 9.48 Å². The molecule has 0 spiro atoms. The second-order valence-electron chi connectivity index (χ2n) is 6.27. The molecule has 0 unspecified atom stereocenters. The van der Waals surface area contributed by atoms with Gasteiger partial charge in [0.2, 0.25) is 6.79 Å². The Balaban J connectivity index is 1.48. The van der Waals surface area contributed by atoms with Gasteiger partial charge in [-0.25, -0.2) is 0 Å². The van der Waals surface area contributed by atoms with E-state index in [1.165, 1.54) is 6.42 Å². The highest BCUT2D eigenvalue weighted by molar-refractivity contribution is 5.95. The number of nitrogens with zero attached hydrogens (tertiary/aromatic N) is 3. The van der Waals surface area contributed by atoms with Crippen molar-refractivity contribution < 1.29 is 14.3 Å². The van der Waals surface area contributed by atoms with Crippen molar-refractivity contribution in [3.63, 3.8) is 0 Å². The molecule has 0 N–H and O–H groups in total. The molecule has 3 heterocycles. The summed E-state index contributed by atoms with van der Waals surface area (Å²) in [5, 5.41) is 4.25. The summed E-state index contributed by atoms with van der Waals surface area (Å²) in [5.41, 5.74) is 0.672. The maximum Gasteiger partial charge on any atom is 0.254 e. The van der Waals surface area contributed by atoms with E-state index in [1.54, 1.807) is 12.3 Å². The van der Waals surface area contributed by atoms with Gasteiger partial charge in [0, 0.05) is 37.1 Å². The van der Waals surface area contributed by atoms with Crippen molar-refractivity contribution in [1.29, 1.82) is 0 Å². The average molecular weight is 327 g/mol. The van der Waals surface area contributed by atoms with Gasteiger partial charge in [-0.1, -0.05) is 0 Å². The van der Waals surface area contributed by atoms with Crippen LogP contribution in [0.25, 0.3) is 0 Å². The van der Waals surface area contributed by atoms with Crippen LogP contribution in [0, 0.1) is 0 Å². The summed E-state index contributed by atoms with van der Waals surface area (Å²) < 4.78 is 12.6. The van der Waals surface area contributed by atoms with E-state index in [9.17, 15) is 4.79 Å². The second kappa shape index (κ2) is 6.55. The lowest BCUT2D eigenvalue weighted by Crippen LogP contribution is -2.44. The summed E-state index contributed by atoms with van der Waals surface area (Å²) in [6, 6.07) is 7.63. The zero-order valence-electron chi connectivity index (χ0n) is 13.6. The lowest BCUT2D eigenvalue weighted by atomic mass is 9.98. The lowest BCUT2D eigenvalue weighted by Gasteiger charge is -2.36. The number of aromatic nitrogens is 2. The number of benzene rings is 1. The zero-order chi connectivity index (χ0) is 16.4. The number of rotatable bonds is 4. The Morgan fingerprint density at radius 2 is 2.17 bits per heavy atom. The molecule has 4 rings (SSSR count). The van der Waals surface area contributed by atoms with Crippen LogP contribution in [-0.2, 0) is 6.54 Å². The van der Waals surface area contributed by atoms with Gasteiger partial charge in [0.25, 0.3) is 5.91 Å². The number of fused-ring (bicyclic) bond motifs is 1. The second-order valence-corrected chi connectivity index (χ2v) is 6.27. The molecule has 1 atom stereocenters. The van der Waals surface area contributed by atoms with Crippen LogP contribution < -0.4 is 9.47 Å². The van der Waals surface area contributed by atoms with Gasteiger partial charge in [0.05, 0.1) is 0 Å². The predicted molar refractivity (Wildman–Crippen MR) is 88.1 cm³/mol. The van der Waals surface area contributed by atoms with Gasteiger partial charge >= 0.3 is 0 Å². The largest absolute Gasteiger partial charge is 0.454 e. The smallest absolute Gasteiger partial charge is 0.254 e. The van der Waals surface area contributed by atoms with Crippen LogP contribution in [0.4, 0.5) is 0 Å². The van der Waals surface area contributed by atoms with Crippen molar-refractivity contribution in [2.75, 3.05) is 13.3 Å². The van der Waals surface area contributed by atoms with Crippen molar-refractivity contribution in [2.45, 2.75) is 38.3 Å². The van der Waals surface area contributed by atoms with Gasteiger partial charge in [0.15, 0.2) is 11.5 Å². The van der Waals surface area contributed by atoms with Gasteiger partial charge in [-0.15, -0.1) is 0 Å². The molecule has 0 radical (unpaired) electrons. The summed E-state index contributed by atoms with van der Waals surface area (Å²) in [6.07, 6.45) is 7.97. The molecule has 1 fully saturated rings. The summed E-state index contributed by atoms with van der Waals surface area (Å²) in [7, 11) is 0. The number of hydrogen-bond acceptors (Lipinski definition) is 4. The average Bonchev–Trinajstić information content (AvgIpc) is 3.30. The van der Waals surface area contributed by atoms with E-state index in [4.69, 9.17) is 9.47 Å². The lowest BCUT2D eigenvalue weighted by molar-refractivity contribution is 0.0593. The van der Waals surface area contributed by atoms with Crippen LogP contribution >= 0.6 is 0 Å². The van der Waals surface area contributed by atoms with E-state index in [0.717, 1.165) is 32.4 Å². The molecular weight excluding hydrogens is 306 g/mol. The van der Waals surface area contributed by atoms with E-state index in [0.29, 0.717) is 17.1 Å². The van der Waals surface area contributed by atoms with Gasteiger partial charge < -0.3 is 14.4 Å². The van der Waals surface area contributed by atoms with Crippen LogP contribution in [0.15, 0.2) is 36.7 Å². The van der Waals surface area contributed by atoms with Crippen LogP contribution in [0.1, 0.15) is 36.0 Å². The first kappa shape index (κ1) is 15.1. The van der Waals surface area contributed by atoms with E-state index >= 15 is 0 Å². The normalized spacial score (nSPS) is 19.5. The zero-order valence-corrected chi connectivity index (χ0v) is 13.6. The fraction of sp³-hybridized carbons (Fsp3) is 0.444. The van der Waals surface area contributed by atoms with Crippen LogP contribution in [0.2, 0.25) is 0 Å². The Labute approximate surface area is 141 Å².